The van der Waals surface area contributed by atoms with Gasteiger partial charge in [-0.3, -0.25) is 4.79 Å². The summed E-state index contributed by atoms with van der Waals surface area (Å²) in [6.07, 6.45) is 1.51. The molecule has 8 heteroatoms. The van der Waals surface area contributed by atoms with E-state index in [-0.39, 0.29) is 28.2 Å². The number of hydrogen-bond acceptors (Lipinski definition) is 3. The van der Waals surface area contributed by atoms with Crippen molar-refractivity contribution >= 4 is 58.1 Å². The molecule has 0 fully saturated rings. The highest BCUT2D eigenvalue weighted by Gasteiger charge is 2.12. The van der Waals surface area contributed by atoms with Crippen molar-refractivity contribution in [2.45, 2.75) is 0 Å². The van der Waals surface area contributed by atoms with Crippen molar-refractivity contribution in [3.8, 4) is 5.75 Å². The number of halogens is 4. The predicted molar refractivity (Wildman–Crippen MR) is 84.8 cm³/mol. The third-order valence-corrected chi connectivity index (χ3v) is 3.96. The number of nitrogens with one attached hydrogen (secondary N) is 1. The number of rotatable bonds is 4. The lowest BCUT2D eigenvalue weighted by atomic mass is 10.3. The molecule has 0 unspecified atom stereocenters. The van der Waals surface area contributed by atoms with E-state index in [2.05, 4.69) is 10.3 Å². The molecule has 2 aromatic rings. The fraction of sp³-hybridized carbons (Fsp3) is 0.0769. The molecule has 4 nitrogen and oxygen atoms in total. The molecule has 1 aromatic heterocycles. The normalized spacial score (nSPS) is 10.3. The Morgan fingerprint density at radius 1 is 1.10 bits per heavy atom. The third kappa shape index (κ3) is 4.14. The number of amides is 1. The standard InChI is InChI=1S/C13H8Cl4N2O2/c14-7-3-4-9(12(17)11(7)16)21-6-10(20)19-13-8(15)2-1-5-18-13/h1-5H,6H2,(H,18,19,20). The summed E-state index contributed by atoms with van der Waals surface area (Å²) in [5.41, 5.74) is 0. The Morgan fingerprint density at radius 2 is 1.86 bits per heavy atom. The Bertz CT molecular complexity index is 679. The van der Waals surface area contributed by atoms with Crippen LogP contribution < -0.4 is 10.1 Å². The summed E-state index contributed by atoms with van der Waals surface area (Å²) in [6, 6.07) is 6.32. The maximum atomic E-state index is 11.8. The van der Waals surface area contributed by atoms with Crippen molar-refractivity contribution in [3.63, 3.8) is 0 Å². The largest absolute Gasteiger partial charge is 0.482 e. The molecule has 0 saturated carbocycles. The number of aromatic nitrogens is 1. The first-order valence-corrected chi connectivity index (χ1v) is 7.17. The van der Waals surface area contributed by atoms with E-state index in [1.54, 1.807) is 12.1 Å². The van der Waals surface area contributed by atoms with Gasteiger partial charge < -0.3 is 10.1 Å². The van der Waals surface area contributed by atoms with Crippen molar-refractivity contribution in [3.05, 3.63) is 50.6 Å². The average molecular weight is 366 g/mol. The Labute approximate surface area is 140 Å². The zero-order chi connectivity index (χ0) is 15.4. The van der Waals surface area contributed by atoms with E-state index in [9.17, 15) is 4.79 Å². The van der Waals surface area contributed by atoms with Gasteiger partial charge in [-0.25, -0.2) is 4.98 Å². The van der Waals surface area contributed by atoms with Gasteiger partial charge in [0.25, 0.3) is 5.91 Å². The van der Waals surface area contributed by atoms with Crippen LogP contribution in [0.15, 0.2) is 30.5 Å². The topological polar surface area (TPSA) is 51.2 Å². The van der Waals surface area contributed by atoms with Gasteiger partial charge in [-0.2, -0.15) is 0 Å². The van der Waals surface area contributed by atoms with Gasteiger partial charge in [-0.1, -0.05) is 46.4 Å². The summed E-state index contributed by atoms with van der Waals surface area (Å²) in [4.78, 5) is 15.7. The van der Waals surface area contributed by atoms with Crippen molar-refractivity contribution in [2.75, 3.05) is 11.9 Å². The van der Waals surface area contributed by atoms with Crippen LogP contribution in [0.25, 0.3) is 0 Å². The minimum Gasteiger partial charge on any atom is -0.482 e. The fourth-order valence-corrected chi connectivity index (χ4v) is 2.16. The van der Waals surface area contributed by atoms with E-state index >= 15 is 0 Å². The van der Waals surface area contributed by atoms with Crippen molar-refractivity contribution in [1.29, 1.82) is 0 Å². The van der Waals surface area contributed by atoms with Crippen LogP contribution in [0.5, 0.6) is 5.75 Å². The fourth-order valence-electron chi connectivity index (χ4n) is 1.41. The smallest absolute Gasteiger partial charge is 0.263 e. The molecule has 0 aliphatic heterocycles. The van der Waals surface area contributed by atoms with Gasteiger partial charge in [0.1, 0.15) is 10.8 Å². The molecule has 0 spiro atoms. The van der Waals surface area contributed by atoms with Gasteiger partial charge in [0.2, 0.25) is 0 Å². The second kappa shape index (κ2) is 7.18. The van der Waals surface area contributed by atoms with Gasteiger partial charge in [0.15, 0.2) is 12.4 Å². The number of ether oxygens (including phenoxy) is 1. The van der Waals surface area contributed by atoms with Crippen LogP contribution in [0, 0.1) is 0 Å². The third-order valence-electron chi connectivity index (χ3n) is 2.37. The first-order chi connectivity index (χ1) is 9.99. The van der Waals surface area contributed by atoms with E-state index in [1.165, 1.54) is 18.3 Å². The number of pyridine rings is 1. The lowest BCUT2D eigenvalue weighted by Crippen LogP contribution is -2.21. The molecule has 0 aliphatic carbocycles. The van der Waals surface area contributed by atoms with E-state index in [0.29, 0.717) is 10.0 Å². The molecular weight excluding hydrogens is 358 g/mol. The first kappa shape index (κ1) is 16.2. The number of nitrogens with zero attached hydrogens (tertiary/aromatic N) is 1. The summed E-state index contributed by atoms with van der Waals surface area (Å²) >= 11 is 23.5. The second-order valence-electron chi connectivity index (χ2n) is 3.84. The molecule has 0 aliphatic rings. The van der Waals surface area contributed by atoms with Crippen LogP contribution in [0.1, 0.15) is 0 Å². The number of benzene rings is 1. The quantitative estimate of drug-likeness (QED) is 0.798. The summed E-state index contributed by atoms with van der Waals surface area (Å²) in [6.45, 7) is -0.273. The average Bonchev–Trinajstić information content (AvgIpc) is 2.46. The SMILES string of the molecule is O=C(COc1ccc(Cl)c(Cl)c1Cl)Nc1ncccc1Cl. The molecule has 1 N–H and O–H groups in total. The molecule has 2 rings (SSSR count). The summed E-state index contributed by atoms with van der Waals surface area (Å²) in [7, 11) is 0. The Morgan fingerprint density at radius 3 is 2.57 bits per heavy atom. The molecule has 1 amide bonds. The van der Waals surface area contributed by atoms with Crippen LogP contribution in [0.2, 0.25) is 20.1 Å². The Hall–Kier alpha value is -1.20. The second-order valence-corrected chi connectivity index (χ2v) is 5.41. The van der Waals surface area contributed by atoms with Crippen molar-refractivity contribution in [1.82, 2.24) is 4.98 Å². The maximum Gasteiger partial charge on any atom is 0.263 e. The molecule has 0 atom stereocenters. The molecule has 1 aromatic carbocycles. The van der Waals surface area contributed by atoms with E-state index < -0.39 is 5.91 Å². The van der Waals surface area contributed by atoms with Gasteiger partial charge in [-0.15, -0.1) is 0 Å². The lowest BCUT2D eigenvalue weighted by Gasteiger charge is -2.10. The molecular formula is C13H8Cl4N2O2. The summed E-state index contributed by atoms with van der Waals surface area (Å²) in [5, 5.41) is 3.47. The van der Waals surface area contributed by atoms with Gasteiger partial charge >= 0.3 is 0 Å². The van der Waals surface area contributed by atoms with Crippen LogP contribution >= 0.6 is 46.4 Å². The lowest BCUT2D eigenvalue weighted by molar-refractivity contribution is -0.118. The minimum absolute atomic E-state index is 0.146. The van der Waals surface area contributed by atoms with Crippen LogP contribution in [-0.2, 0) is 4.79 Å². The molecule has 0 saturated heterocycles. The van der Waals surface area contributed by atoms with Crippen LogP contribution in [-0.4, -0.2) is 17.5 Å². The number of hydrogen-bond donors (Lipinski definition) is 1. The van der Waals surface area contributed by atoms with Crippen molar-refractivity contribution < 1.29 is 9.53 Å². The minimum atomic E-state index is -0.433. The highest BCUT2D eigenvalue weighted by molar-refractivity contribution is 6.48. The Balaban J connectivity index is 1.99. The molecule has 110 valence electrons. The van der Waals surface area contributed by atoms with E-state index in [0.717, 1.165) is 0 Å². The summed E-state index contributed by atoms with van der Waals surface area (Å²) in [5.74, 6) is 0.0825. The zero-order valence-corrected chi connectivity index (χ0v) is 13.4. The van der Waals surface area contributed by atoms with Crippen LogP contribution in [0.3, 0.4) is 0 Å². The molecule has 0 radical (unpaired) electrons. The number of anilines is 1. The molecule has 21 heavy (non-hydrogen) atoms. The summed E-state index contributed by atoms with van der Waals surface area (Å²) < 4.78 is 5.29. The Kier molecular flexibility index (Phi) is 5.53. The molecule has 0 bridgehead atoms. The van der Waals surface area contributed by atoms with Gasteiger partial charge in [-0.05, 0) is 24.3 Å². The highest BCUT2D eigenvalue weighted by atomic mass is 35.5. The number of carbonyl (C=O) groups excluding carboxylic acids is 1. The van der Waals surface area contributed by atoms with Crippen LogP contribution in [0.4, 0.5) is 5.82 Å². The number of carbonyl (C=O) groups is 1. The van der Waals surface area contributed by atoms with E-state index in [1.807, 2.05) is 0 Å². The van der Waals surface area contributed by atoms with Gasteiger partial charge in [0, 0.05) is 6.20 Å². The monoisotopic (exact) mass is 364 g/mol. The predicted octanol–water partition coefficient (Wildman–Crippen LogP) is 4.71. The van der Waals surface area contributed by atoms with Crippen molar-refractivity contribution in [2.24, 2.45) is 0 Å². The van der Waals surface area contributed by atoms with Gasteiger partial charge in [0.05, 0.1) is 15.1 Å². The maximum absolute atomic E-state index is 11.8. The molecule has 1 heterocycles. The zero-order valence-electron chi connectivity index (χ0n) is 10.4. The first-order valence-electron chi connectivity index (χ1n) is 5.65. The highest BCUT2D eigenvalue weighted by Crippen LogP contribution is 2.37. The van der Waals surface area contributed by atoms with E-state index in [4.69, 9.17) is 51.1 Å².